The average Bonchev–Trinajstić information content (AvgIpc) is 2.39. The third-order valence-corrected chi connectivity index (χ3v) is 3.36. The first-order valence-electron chi connectivity index (χ1n) is 5.98. The molecule has 2 rings (SSSR count). The van der Waals surface area contributed by atoms with E-state index < -0.39 is 0 Å². The molecule has 0 bridgehead atoms. The number of carbonyl (C=O) groups excluding carboxylic acids is 2. The Bertz CT molecular complexity index is 542. The molecule has 0 radical (unpaired) electrons. The monoisotopic (exact) mass is 323 g/mol. The Balaban J connectivity index is 2.01. The van der Waals surface area contributed by atoms with Crippen LogP contribution in [0.25, 0.3) is 0 Å². The molecule has 1 aliphatic rings. The van der Waals surface area contributed by atoms with E-state index in [2.05, 4.69) is 31.8 Å². The van der Waals surface area contributed by atoms with Crippen molar-refractivity contribution in [3.05, 3.63) is 34.3 Å². The largest absolute Gasteiger partial charge is 0.344 e. The van der Waals surface area contributed by atoms with E-state index in [1.54, 1.807) is 0 Å². The number of benzene rings is 1. The van der Waals surface area contributed by atoms with Crippen molar-refractivity contribution in [3.63, 3.8) is 0 Å². The van der Waals surface area contributed by atoms with Crippen molar-refractivity contribution in [1.29, 1.82) is 0 Å². The molecule has 100 valence electrons. The van der Waals surface area contributed by atoms with Crippen LogP contribution in [0.2, 0.25) is 0 Å². The normalized spacial score (nSPS) is 16.3. The van der Waals surface area contributed by atoms with Gasteiger partial charge in [-0.25, -0.2) is 5.43 Å². The van der Waals surface area contributed by atoms with Gasteiger partial charge in [-0.2, -0.15) is 5.10 Å². The van der Waals surface area contributed by atoms with Gasteiger partial charge < -0.3 is 5.32 Å². The summed E-state index contributed by atoms with van der Waals surface area (Å²) in [5, 5.41) is 6.64. The molecule has 0 saturated heterocycles. The molecule has 1 heterocycles. The van der Waals surface area contributed by atoms with E-state index >= 15 is 0 Å². The number of hydrogen-bond acceptors (Lipinski definition) is 3. The summed E-state index contributed by atoms with van der Waals surface area (Å²) >= 11 is 3.40. The molecule has 0 aromatic heterocycles. The van der Waals surface area contributed by atoms with E-state index in [0.29, 0.717) is 18.6 Å². The van der Waals surface area contributed by atoms with Gasteiger partial charge in [-0.3, -0.25) is 9.59 Å². The predicted octanol–water partition coefficient (Wildman–Crippen LogP) is 1.89. The molecule has 1 aromatic carbocycles. The Morgan fingerprint density at radius 2 is 2.26 bits per heavy atom. The quantitative estimate of drug-likeness (QED) is 0.891. The lowest BCUT2D eigenvalue weighted by atomic mass is 10.1. The number of carbonyl (C=O) groups is 2. The zero-order chi connectivity index (χ0) is 13.8. The van der Waals surface area contributed by atoms with Crippen molar-refractivity contribution >= 4 is 33.5 Å². The van der Waals surface area contributed by atoms with Crippen molar-refractivity contribution in [1.82, 2.24) is 10.7 Å². The third kappa shape index (κ3) is 3.64. The molecule has 0 spiro atoms. The fourth-order valence-electron chi connectivity index (χ4n) is 1.78. The van der Waals surface area contributed by atoms with Gasteiger partial charge in [0.05, 0.1) is 6.04 Å². The Kier molecular flexibility index (Phi) is 4.31. The number of nitrogens with zero attached hydrogens (tertiary/aromatic N) is 1. The predicted molar refractivity (Wildman–Crippen MR) is 75.5 cm³/mol. The first-order valence-corrected chi connectivity index (χ1v) is 6.77. The van der Waals surface area contributed by atoms with Crippen molar-refractivity contribution < 1.29 is 9.59 Å². The van der Waals surface area contributed by atoms with Crippen LogP contribution in [0.5, 0.6) is 0 Å². The van der Waals surface area contributed by atoms with E-state index in [1.165, 1.54) is 0 Å². The third-order valence-electron chi connectivity index (χ3n) is 2.86. The van der Waals surface area contributed by atoms with Crippen LogP contribution in [0.4, 0.5) is 0 Å². The Hall–Kier alpha value is -1.69. The van der Waals surface area contributed by atoms with Gasteiger partial charge in [-0.05, 0) is 24.6 Å². The molecule has 2 N–H and O–H groups in total. The summed E-state index contributed by atoms with van der Waals surface area (Å²) in [6.45, 7) is 1.90. The summed E-state index contributed by atoms with van der Waals surface area (Å²) in [6, 6.07) is 7.62. The van der Waals surface area contributed by atoms with Crippen LogP contribution < -0.4 is 10.7 Å². The molecule has 0 fully saturated rings. The molecular weight excluding hydrogens is 310 g/mol. The van der Waals surface area contributed by atoms with Gasteiger partial charge in [0.2, 0.25) is 5.91 Å². The molecule has 0 saturated carbocycles. The molecule has 19 heavy (non-hydrogen) atoms. The van der Waals surface area contributed by atoms with Gasteiger partial charge in [0.25, 0.3) is 5.91 Å². The van der Waals surface area contributed by atoms with Gasteiger partial charge in [0.1, 0.15) is 5.71 Å². The van der Waals surface area contributed by atoms with Crippen molar-refractivity contribution in [2.75, 3.05) is 0 Å². The second-order valence-electron chi connectivity index (χ2n) is 4.34. The average molecular weight is 324 g/mol. The number of amides is 2. The minimum Gasteiger partial charge on any atom is -0.344 e. The van der Waals surface area contributed by atoms with Crippen LogP contribution in [0.15, 0.2) is 33.8 Å². The lowest BCUT2D eigenvalue weighted by molar-refractivity contribution is -0.121. The summed E-state index contributed by atoms with van der Waals surface area (Å²) in [4.78, 5) is 22.9. The van der Waals surface area contributed by atoms with Crippen LogP contribution in [-0.4, -0.2) is 17.5 Å². The number of rotatable bonds is 3. The second kappa shape index (κ2) is 5.97. The molecule has 1 atom stereocenters. The summed E-state index contributed by atoms with van der Waals surface area (Å²) in [7, 11) is 0. The molecular formula is C13H14BrN3O2. The highest BCUT2D eigenvalue weighted by atomic mass is 79.9. The molecule has 1 aromatic rings. The van der Waals surface area contributed by atoms with Gasteiger partial charge in [-0.15, -0.1) is 0 Å². The Morgan fingerprint density at radius 1 is 1.47 bits per heavy atom. The zero-order valence-corrected chi connectivity index (χ0v) is 12.0. The van der Waals surface area contributed by atoms with Gasteiger partial charge in [0, 0.05) is 17.3 Å². The molecule has 0 unspecified atom stereocenters. The maximum atomic E-state index is 12.0. The number of hydrazone groups is 1. The Labute approximate surface area is 119 Å². The molecule has 5 nitrogen and oxygen atoms in total. The van der Waals surface area contributed by atoms with E-state index in [4.69, 9.17) is 0 Å². The summed E-state index contributed by atoms with van der Waals surface area (Å²) < 4.78 is 0.966. The zero-order valence-electron chi connectivity index (χ0n) is 10.4. The highest BCUT2D eigenvalue weighted by molar-refractivity contribution is 9.10. The van der Waals surface area contributed by atoms with E-state index in [0.717, 1.165) is 10.0 Å². The SMILES string of the molecule is C[C@H](NC(=O)C1=NNC(=O)CC1)c1cccc(Br)c1. The van der Waals surface area contributed by atoms with Crippen LogP contribution >= 0.6 is 15.9 Å². The van der Waals surface area contributed by atoms with Crippen LogP contribution in [0, 0.1) is 0 Å². The molecule has 6 heteroatoms. The molecule has 2 amide bonds. The van der Waals surface area contributed by atoms with Crippen molar-refractivity contribution in [2.24, 2.45) is 5.10 Å². The van der Waals surface area contributed by atoms with Crippen LogP contribution in [-0.2, 0) is 9.59 Å². The van der Waals surface area contributed by atoms with Gasteiger partial charge in [-0.1, -0.05) is 28.1 Å². The molecule has 0 aliphatic carbocycles. The van der Waals surface area contributed by atoms with E-state index in [1.807, 2.05) is 31.2 Å². The number of hydrogen-bond donors (Lipinski definition) is 2. The highest BCUT2D eigenvalue weighted by Gasteiger charge is 2.20. The highest BCUT2D eigenvalue weighted by Crippen LogP contribution is 2.18. The summed E-state index contributed by atoms with van der Waals surface area (Å²) in [6.07, 6.45) is 0.681. The van der Waals surface area contributed by atoms with E-state index in [-0.39, 0.29) is 17.9 Å². The van der Waals surface area contributed by atoms with Gasteiger partial charge in [0.15, 0.2) is 0 Å². The standard InChI is InChI=1S/C13H14BrN3O2/c1-8(9-3-2-4-10(14)7-9)15-13(19)11-5-6-12(18)17-16-11/h2-4,7-8H,5-6H2,1H3,(H,15,19)(H,17,18)/t8-/m0/s1. The summed E-state index contributed by atoms with van der Waals surface area (Å²) in [5.41, 5.74) is 3.68. The fourth-order valence-corrected chi connectivity index (χ4v) is 2.19. The number of halogens is 1. The fraction of sp³-hybridized carbons (Fsp3) is 0.308. The molecule has 1 aliphatic heterocycles. The first kappa shape index (κ1) is 13.7. The maximum Gasteiger partial charge on any atom is 0.267 e. The summed E-state index contributed by atoms with van der Waals surface area (Å²) in [5.74, 6) is -0.399. The smallest absolute Gasteiger partial charge is 0.267 e. The lowest BCUT2D eigenvalue weighted by Gasteiger charge is -2.17. The maximum absolute atomic E-state index is 12.0. The number of nitrogens with one attached hydrogen (secondary N) is 2. The van der Waals surface area contributed by atoms with Gasteiger partial charge >= 0.3 is 0 Å². The Morgan fingerprint density at radius 3 is 2.89 bits per heavy atom. The van der Waals surface area contributed by atoms with Crippen molar-refractivity contribution in [3.8, 4) is 0 Å². The van der Waals surface area contributed by atoms with Crippen LogP contribution in [0.1, 0.15) is 31.4 Å². The van der Waals surface area contributed by atoms with Crippen LogP contribution in [0.3, 0.4) is 0 Å². The van der Waals surface area contributed by atoms with Crippen molar-refractivity contribution in [2.45, 2.75) is 25.8 Å². The van der Waals surface area contributed by atoms with E-state index in [9.17, 15) is 9.59 Å². The minimum absolute atomic E-state index is 0.120. The first-order chi connectivity index (χ1) is 9.06. The lowest BCUT2D eigenvalue weighted by Crippen LogP contribution is -2.37. The topological polar surface area (TPSA) is 70.6 Å². The minimum atomic E-state index is -0.243. The second-order valence-corrected chi connectivity index (χ2v) is 5.26.